The maximum atomic E-state index is 12.5. The van der Waals surface area contributed by atoms with Crippen molar-refractivity contribution in [3.63, 3.8) is 0 Å². The lowest BCUT2D eigenvalue weighted by atomic mass is 9.99. The minimum absolute atomic E-state index is 0.0184. The number of aliphatic hydroxyl groups excluding tert-OH is 4. The topological polar surface area (TPSA) is 170 Å². The van der Waals surface area contributed by atoms with E-state index in [1.165, 1.54) is 24.3 Å². The molecule has 1 saturated heterocycles. The van der Waals surface area contributed by atoms with Gasteiger partial charge in [0.05, 0.1) is 6.61 Å². The Labute approximate surface area is 174 Å². The predicted octanol–water partition coefficient (Wildman–Crippen LogP) is 0.0499. The second kappa shape index (κ2) is 8.17. The van der Waals surface area contributed by atoms with E-state index in [0.717, 1.165) is 6.07 Å². The van der Waals surface area contributed by atoms with Crippen LogP contribution in [0.3, 0.4) is 0 Å². The van der Waals surface area contributed by atoms with Gasteiger partial charge in [0.1, 0.15) is 58.4 Å². The summed E-state index contributed by atoms with van der Waals surface area (Å²) < 4.78 is 16.5. The van der Waals surface area contributed by atoms with Crippen molar-refractivity contribution in [1.82, 2.24) is 0 Å². The molecule has 2 aromatic carbocycles. The van der Waals surface area contributed by atoms with Gasteiger partial charge in [-0.15, -0.1) is 0 Å². The first-order valence-electron chi connectivity index (χ1n) is 9.36. The fraction of sp³-hybridized carbons (Fsp3) is 0.286. The van der Waals surface area contributed by atoms with Crippen LogP contribution in [0.1, 0.15) is 0 Å². The quantitative estimate of drug-likeness (QED) is 0.331. The van der Waals surface area contributed by atoms with Gasteiger partial charge in [0.2, 0.25) is 6.29 Å². The van der Waals surface area contributed by atoms with E-state index in [4.69, 9.17) is 13.9 Å². The van der Waals surface area contributed by atoms with Crippen molar-refractivity contribution in [2.24, 2.45) is 0 Å². The van der Waals surface area contributed by atoms with Crippen LogP contribution in [-0.2, 0) is 4.74 Å². The Morgan fingerprint density at radius 3 is 2.32 bits per heavy atom. The van der Waals surface area contributed by atoms with Gasteiger partial charge in [-0.25, -0.2) is 0 Å². The van der Waals surface area contributed by atoms with E-state index in [2.05, 4.69) is 0 Å². The number of benzene rings is 2. The fourth-order valence-corrected chi connectivity index (χ4v) is 3.38. The molecule has 1 aliphatic heterocycles. The summed E-state index contributed by atoms with van der Waals surface area (Å²) >= 11 is 0. The number of fused-ring (bicyclic) bond motifs is 1. The van der Waals surface area contributed by atoms with E-state index in [1.807, 2.05) is 0 Å². The van der Waals surface area contributed by atoms with Crippen LogP contribution in [0.15, 0.2) is 51.7 Å². The SMILES string of the molecule is O=c1cc(-c2ccc(O)cc2)oc2cc(O[C@H]3O[C@@H](CO)[C@@H](O)[C@H](O)[C@@H]3O)cc(O)c12. The van der Waals surface area contributed by atoms with Gasteiger partial charge in [-0.1, -0.05) is 0 Å². The van der Waals surface area contributed by atoms with Gasteiger partial charge in [-0.3, -0.25) is 4.79 Å². The minimum atomic E-state index is -1.65. The molecule has 4 rings (SSSR count). The van der Waals surface area contributed by atoms with Crippen molar-refractivity contribution < 1.29 is 44.5 Å². The minimum Gasteiger partial charge on any atom is -0.508 e. The number of hydrogen-bond donors (Lipinski definition) is 6. The lowest BCUT2D eigenvalue weighted by Gasteiger charge is -2.39. The highest BCUT2D eigenvalue weighted by atomic mass is 16.7. The predicted molar refractivity (Wildman–Crippen MR) is 106 cm³/mol. The lowest BCUT2D eigenvalue weighted by molar-refractivity contribution is -0.277. The van der Waals surface area contributed by atoms with Crippen LogP contribution in [0.5, 0.6) is 17.2 Å². The molecule has 6 N–H and O–H groups in total. The molecule has 164 valence electrons. The number of aromatic hydroxyl groups is 2. The number of hydrogen-bond acceptors (Lipinski definition) is 10. The number of aliphatic hydroxyl groups is 4. The highest BCUT2D eigenvalue weighted by Gasteiger charge is 2.44. The number of ether oxygens (including phenoxy) is 2. The zero-order valence-corrected chi connectivity index (χ0v) is 16.0. The smallest absolute Gasteiger partial charge is 0.229 e. The number of rotatable bonds is 4. The van der Waals surface area contributed by atoms with Crippen LogP contribution in [0, 0.1) is 0 Å². The van der Waals surface area contributed by atoms with Crippen LogP contribution < -0.4 is 10.2 Å². The maximum Gasteiger partial charge on any atom is 0.229 e. The second-order valence-corrected chi connectivity index (χ2v) is 7.15. The van der Waals surface area contributed by atoms with Gasteiger partial charge in [0.15, 0.2) is 5.43 Å². The molecule has 0 saturated carbocycles. The summed E-state index contributed by atoms with van der Waals surface area (Å²) in [6, 6.07) is 9.56. The van der Waals surface area contributed by atoms with Crippen LogP contribution in [0.4, 0.5) is 0 Å². The summed E-state index contributed by atoms with van der Waals surface area (Å²) in [4.78, 5) is 12.5. The Morgan fingerprint density at radius 1 is 0.935 bits per heavy atom. The molecule has 1 aromatic heterocycles. The van der Waals surface area contributed by atoms with Gasteiger partial charge >= 0.3 is 0 Å². The third-order valence-corrected chi connectivity index (χ3v) is 5.04. The molecule has 0 spiro atoms. The number of phenolic OH excluding ortho intramolecular Hbond substituents is 2. The molecule has 10 heteroatoms. The molecule has 0 bridgehead atoms. The first kappa shape index (κ1) is 21.1. The first-order chi connectivity index (χ1) is 14.8. The molecule has 1 aliphatic rings. The van der Waals surface area contributed by atoms with Gasteiger partial charge in [-0.05, 0) is 24.3 Å². The van der Waals surface area contributed by atoms with E-state index >= 15 is 0 Å². The van der Waals surface area contributed by atoms with Crippen LogP contribution in [0.25, 0.3) is 22.3 Å². The molecule has 1 fully saturated rings. The molecule has 2 heterocycles. The molecule has 5 atom stereocenters. The summed E-state index contributed by atoms with van der Waals surface area (Å²) in [5.41, 5.74) is -0.0204. The summed E-state index contributed by atoms with van der Waals surface area (Å²) in [6.45, 7) is -0.626. The monoisotopic (exact) mass is 432 g/mol. The molecule has 0 amide bonds. The van der Waals surface area contributed by atoms with Gasteiger partial charge in [-0.2, -0.15) is 0 Å². The molecule has 31 heavy (non-hydrogen) atoms. The van der Waals surface area contributed by atoms with Crippen molar-refractivity contribution in [1.29, 1.82) is 0 Å². The van der Waals surface area contributed by atoms with E-state index in [-0.39, 0.29) is 28.2 Å². The Hall–Kier alpha value is -3.15. The zero-order valence-electron chi connectivity index (χ0n) is 16.0. The summed E-state index contributed by atoms with van der Waals surface area (Å²) in [5, 5.41) is 58.8. The molecular formula is C21H20O10. The molecule has 0 unspecified atom stereocenters. The largest absolute Gasteiger partial charge is 0.508 e. The third kappa shape index (κ3) is 3.94. The average molecular weight is 432 g/mol. The first-order valence-corrected chi connectivity index (χ1v) is 9.36. The summed E-state index contributed by atoms with van der Waals surface area (Å²) in [5.74, 6) is -0.273. The van der Waals surface area contributed by atoms with Crippen molar-refractivity contribution in [2.75, 3.05) is 6.61 Å². The molecular weight excluding hydrogens is 412 g/mol. The molecule has 10 nitrogen and oxygen atoms in total. The zero-order chi connectivity index (χ0) is 22.3. The fourth-order valence-electron chi connectivity index (χ4n) is 3.38. The Morgan fingerprint density at radius 2 is 1.65 bits per heavy atom. The Kier molecular flexibility index (Phi) is 5.56. The van der Waals surface area contributed by atoms with Gasteiger partial charge in [0.25, 0.3) is 0 Å². The lowest BCUT2D eigenvalue weighted by Crippen LogP contribution is -2.60. The van der Waals surface area contributed by atoms with E-state index in [9.17, 15) is 35.4 Å². The Bertz CT molecular complexity index is 1140. The number of phenols is 2. The van der Waals surface area contributed by atoms with Crippen molar-refractivity contribution in [3.8, 4) is 28.6 Å². The third-order valence-electron chi connectivity index (χ3n) is 5.04. The molecule has 0 radical (unpaired) electrons. The van der Waals surface area contributed by atoms with Crippen molar-refractivity contribution >= 4 is 11.0 Å². The standard InChI is InChI=1S/C21H20O10/c22-8-16-18(26)19(27)20(28)21(31-16)29-11-5-12(24)17-13(25)7-14(30-15(17)6-11)9-1-3-10(23)4-2-9/h1-7,16,18-24,26-28H,8H2/t16-,18+,19-,20-,21-/m0/s1. The van der Waals surface area contributed by atoms with Crippen LogP contribution >= 0.6 is 0 Å². The molecule has 0 aliphatic carbocycles. The summed E-state index contributed by atoms with van der Waals surface area (Å²) in [6.07, 6.45) is -7.47. The molecule has 3 aromatic rings. The summed E-state index contributed by atoms with van der Waals surface area (Å²) in [7, 11) is 0. The second-order valence-electron chi connectivity index (χ2n) is 7.15. The van der Waals surface area contributed by atoms with Crippen LogP contribution in [0.2, 0.25) is 0 Å². The Balaban J connectivity index is 1.71. The van der Waals surface area contributed by atoms with E-state index in [1.54, 1.807) is 12.1 Å². The van der Waals surface area contributed by atoms with Crippen molar-refractivity contribution in [2.45, 2.75) is 30.7 Å². The van der Waals surface area contributed by atoms with E-state index < -0.39 is 48.5 Å². The van der Waals surface area contributed by atoms with Gasteiger partial charge < -0.3 is 44.5 Å². The maximum absolute atomic E-state index is 12.5. The normalized spacial score (nSPS) is 26.1. The van der Waals surface area contributed by atoms with Crippen LogP contribution in [-0.4, -0.2) is 68.0 Å². The van der Waals surface area contributed by atoms with Gasteiger partial charge in [0, 0.05) is 23.8 Å². The highest BCUT2D eigenvalue weighted by Crippen LogP contribution is 2.33. The highest BCUT2D eigenvalue weighted by molar-refractivity contribution is 5.86. The van der Waals surface area contributed by atoms with E-state index in [0.29, 0.717) is 5.56 Å². The average Bonchev–Trinajstić information content (AvgIpc) is 2.74. The van der Waals surface area contributed by atoms with Crippen molar-refractivity contribution in [3.05, 3.63) is 52.7 Å².